The fourth-order valence-corrected chi connectivity index (χ4v) is 1.90. The Morgan fingerprint density at radius 1 is 1.41 bits per heavy atom. The van der Waals surface area contributed by atoms with Crippen LogP contribution in [0.15, 0.2) is 18.2 Å². The molecular formula is C13H19N3O. The fraction of sp³-hybridized carbons (Fsp3) is 0.462. The van der Waals surface area contributed by atoms with E-state index in [4.69, 9.17) is 11.5 Å². The van der Waals surface area contributed by atoms with E-state index in [1.165, 1.54) is 25.7 Å². The van der Waals surface area contributed by atoms with Crippen LogP contribution in [0.5, 0.6) is 0 Å². The van der Waals surface area contributed by atoms with Gasteiger partial charge in [-0.25, -0.2) is 0 Å². The zero-order valence-electron chi connectivity index (χ0n) is 9.91. The summed E-state index contributed by atoms with van der Waals surface area (Å²) in [6, 6.07) is 5.13. The number of amides is 1. The smallest absolute Gasteiger partial charge is 0.248 e. The standard InChI is InChI=1S/C13H19N3O/c14-11-8-10(13(15)17)5-6-12(11)16-7-1-2-9-3-4-9/h5-6,8-9,16H,1-4,7,14H2,(H2,15,17). The van der Waals surface area contributed by atoms with Gasteiger partial charge in [0.05, 0.1) is 11.4 Å². The van der Waals surface area contributed by atoms with Crippen LogP contribution in [0.1, 0.15) is 36.0 Å². The SMILES string of the molecule is NC(=O)c1ccc(NCCCC2CC2)c(N)c1. The van der Waals surface area contributed by atoms with Gasteiger partial charge in [0, 0.05) is 12.1 Å². The zero-order chi connectivity index (χ0) is 12.3. The number of anilines is 2. The molecule has 1 amide bonds. The number of nitrogens with one attached hydrogen (secondary N) is 1. The Bertz CT molecular complexity index is 413. The molecule has 0 radical (unpaired) electrons. The molecule has 0 aliphatic heterocycles. The van der Waals surface area contributed by atoms with E-state index >= 15 is 0 Å². The predicted octanol–water partition coefficient (Wildman–Crippen LogP) is 1.97. The van der Waals surface area contributed by atoms with Crippen molar-refractivity contribution in [1.82, 2.24) is 0 Å². The molecule has 1 fully saturated rings. The van der Waals surface area contributed by atoms with Gasteiger partial charge in [-0.1, -0.05) is 12.8 Å². The van der Waals surface area contributed by atoms with Crippen LogP contribution in [0.4, 0.5) is 11.4 Å². The van der Waals surface area contributed by atoms with Crippen molar-refractivity contribution in [3.8, 4) is 0 Å². The van der Waals surface area contributed by atoms with Crippen molar-refractivity contribution < 1.29 is 4.79 Å². The summed E-state index contributed by atoms with van der Waals surface area (Å²) in [5.74, 6) is 0.517. The lowest BCUT2D eigenvalue weighted by molar-refractivity contribution is 0.100. The lowest BCUT2D eigenvalue weighted by Crippen LogP contribution is -2.12. The molecule has 1 aliphatic carbocycles. The summed E-state index contributed by atoms with van der Waals surface area (Å²) in [5.41, 5.74) is 12.9. The second-order valence-corrected chi connectivity index (χ2v) is 4.68. The van der Waals surface area contributed by atoms with Crippen molar-refractivity contribution in [3.63, 3.8) is 0 Å². The molecular weight excluding hydrogens is 214 g/mol. The number of primary amides is 1. The molecule has 0 atom stereocenters. The van der Waals surface area contributed by atoms with Gasteiger partial charge in [-0.2, -0.15) is 0 Å². The van der Waals surface area contributed by atoms with Crippen molar-refractivity contribution in [1.29, 1.82) is 0 Å². The van der Waals surface area contributed by atoms with E-state index in [9.17, 15) is 4.79 Å². The zero-order valence-corrected chi connectivity index (χ0v) is 9.91. The summed E-state index contributed by atoms with van der Waals surface area (Å²) >= 11 is 0. The van der Waals surface area contributed by atoms with E-state index in [1.54, 1.807) is 12.1 Å². The second kappa shape index (κ2) is 5.08. The van der Waals surface area contributed by atoms with Gasteiger partial charge in [-0.15, -0.1) is 0 Å². The molecule has 4 heteroatoms. The van der Waals surface area contributed by atoms with Crippen LogP contribution in [0.3, 0.4) is 0 Å². The van der Waals surface area contributed by atoms with Crippen molar-refractivity contribution in [2.24, 2.45) is 11.7 Å². The number of nitrogen functional groups attached to an aromatic ring is 1. The molecule has 1 aromatic rings. The summed E-state index contributed by atoms with van der Waals surface area (Å²) < 4.78 is 0. The largest absolute Gasteiger partial charge is 0.397 e. The van der Waals surface area contributed by atoms with E-state index in [2.05, 4.69) is 5.32 Å². The maximum absolute atomic E-state index is 11.0. The van der Waals surface area contributed by atoms with E-state index in [0.717, 1.165) is 18.2 Å². The van der Waals surface area contributed by atoms with Gasteiger partial charge in [-0.3, -0.25) is 4.79 Å². The molecule has 5 N–H and O–H groups in total. The third kappa shape index (κ3) is 3.37. The topological polar surface area (TPSA) is 81.1 Å². The van der Waals surface area contributed by atoms with Gasteiger partial charge in [0.2, 0.25) is 5.91 Å². The third-order valence-electron chi connectivity index (χ3n) is 3.14. The van der Waals surface area contributed by atoms with E-state index in [-0.39, 0.29) is 0 Å². The Kier molecular flexibility index (Phi) is 3.52. The number of carbonyl (C=O) groups is 1. The average Bonchev–Trinajstić information content (AvgIpc) is 3.09. The van der Waals surface area contributed by atoms with Crippen LogP contribution in [-0.2, 0) is 0 Å². The van der Waals surface area contributed by atoms with Crippen LogP contribution in [0.25, 0.3) is 0 Å². The maximum atomic E-state index is 11.0. The number of benzene rings is 1. The minimum absolute atomic E-state index is 0.447. The molecule has 1 aromatic carbocycles. The first-order valence-corrected chi connectivity index (χ1v) is 6.10. The second-order valence-electron chi connectivity index (χ2n) is 4.68. The lowest BCUT2D eigenvalue weighted by atomic mass is 10.1. The van der Waals surface area contributed by atoms with Crippen molar-refractivity contribution >= 4 is 17.3 Å². The lowest BCUT2D eigenvalue weighted by Gasteiger charge is -2.09. The monoisotopic (exact) mass is 233 g/mol. The van der Waals surface area contributed by atoms with Gasteiger partial charge in [0.15, 0.2) is 0 Å². The Balaban J connectivity index is 1.84. The molecule has 0 saturated heterocycles. The molecule has 1 aliphatic rings. The summed E-state index contributed by atoms with van der Waals surface area (Å²) in [5, 5.41) is 3.29. The molecule has 0 aromatic heterocycles. The number of hydrogen-bond donors (Lipinski definition) is 3. The van der Waals surface area contributed by atoms with Gasteiger partial charge >= 0.3 is 0 Å². The summed E-state index contributed by atoms with van der Waals surface area (Å²) in [6.07, 6.45) is 5.26. The van der Waals surface area contributed by atoms with Gasteiger partial charge < -0.3 is 16.8 Å². The molecule has 17 heavy (non-hydrogen) atoms. The molecule has 92 valence electrons. The van der Waals surface area contributed by atoms with Gasteiger partial charge in [-0.05, 0) is 37.0 Å². The van der Waals surface area contributed by atoms with Crippen molar-refractivity contribution in [2.75, 3.05) is 17.6 Å². The third-order valence-corrected chi connectivity index (χ3v) is 3.14. The number of hydrogen-bond acceptors (Lipinski definition) is 3. The highest BCUT2D eigenvalue weighted by molar-refractivity contribution is 5.94. The minimum atomic E-state index is -0.447. The maximum Gasteiger partial charge on any atom is 0.248 e. The Morgan fingerprint density at radius 3 is 2.76 bits per heavy atom. The molecule has 2 rings (SSSR count). The molecule has 4 nitrogen and oxygen atoms in total. The molecule has 0 unspecified atom stereocenters. The Hall–Kier alpha value is -1.71. The first-order chi connectivity index (χ1) is 8.16. The summed E-state index contributed by atoms with van der Waals surface area (Å²) in [7, 11) is 0. The first kappa shape index (κ1) is 11.8. The van der Waals surface area contributed by atoms with Crippen LogP contribution in [-0.4, -0.2) is 12.5 Å². The summed E-state index contributed by atoms with van der Waals surface area (Å²) in [6.45, 7) is 0.927. The molecule has 0 heterocycles. The van der Waals surface area contributed by atoms with E-state index < -0.39 is 5.91 Å². The molecule has 0 bridgehead atoms. The fourth-order valence-electron chi connectivity index (χ4n) is 1.90. The van der Waals surface area contributed by atoms with Gasteiger partial charge in [0.1, 0.15) is 0 Å². The average molecular weight is 233 g/mol. The predicted molar refractivity (Wildman–Crippen MR) is 69.8 cm³/mol. The highest BCUT2D eigenvalue weighted by atomic mass is 16.1. The van der Waals surface area contributed by atoms with Crippen LogP contribution >= 0.6 is 0 Å². The number of carbonyl (C=O) groups excluding carboxylic acids is 1. The molecule has 1 saturated carbocycles. The summed E-state index contributed by atoms with van der Waals surface area (Å²) in [4.78, 5) is 11.0. The minimum Gasteiger partial charge on any atom is -0.397 e. The highest BCUT2D eigenvalue weighted by Gasteiger charge is 2.19. The Morgan fingerprint density at radius 2 is 2.18 bits per heavy atom. The van der Waals surface area contributed by atoms with Gasteiger partial charge in [0.25, 0.3) is 0 Å². The number of nitrogens with two attached hydrogens (primary N) is 2. The first-order valence-electron chi connectivity index (χ1n) is 6.10. The van der Waals surface area contributed by atoms with Crippen LogP contribution in [0.2, 0.25) is 0 Å². The quantitative estimate of drug-likeness (QED) is 0.519. The normalized spacial score (nSPS) is 14.6. The van der Waals surface area contributed by atoms with Crippen molar-refractivity contribution in [2.45, 2.75) is 25.7 Å². The van der Waals surface area contributed by atoms with Crippen molar-refractivity contribution in [3.05, 3.63) is 23.8 Å². The van der Waals surface area contributed by atoms with Crippen LogP contribution in [0, 0.1) is 5.92 Å². The Labute approximate surface area is 101 Å². The van der Waals surface area contributed by atoms with E-state index in [1.807, 2.05) is 6.07 Å². The highest BCUT2D eigenvalue weighted by Crippen LogP contribution is 2.33. The molecule has 0 spiro atoms. The number of rotatable bonds is 6. The van der Waals surface area contributed by atoms with Crippen LogP contribution < -0.4 is 16.8 Å². The van der Waals surface area contributed by atoms with E-state index in [0.29, 0.717) is 11.3 Å².